The summed E-state index contributed by atoms with van der Waals surface area (Å²) in [6.07, 6.45) is 0. The van der Waals surface area contributed by atoms with Crippen LogP contribution in [0.4, 0.5) is 5.95 Å². The van der Waals surface area contributed by atoms with Crippen LogP contribution in [0.5, 0.6) is 5.75 Å². The topological polar surface area (TPSA) is 84.3 Å². The van der Waals surface area contributed by atoms with E-state index in [-0.39, 0.29) is 5.56 Å². The Morgan fingerprint density at radius 3 is 2.77 bits per heavy atom. The number of fused-ring (bicyclic) bond motifs is 1. The van der Waals surface area contributed by atoms with Gasteiger partial charge in [0.2, 0.25) is 5.95 Å². The van der Waals surface area contributed by atoms with Crippen molar-refractivity contribution < 1.29 is 4.74 Å². The van der Waals surface area contributed by atoms with Gasteiger partial charge >= 0.3 is 0 Å². The molecule has 0 aliphatic carbocycles. The second-order valence-corrected chi connectivity index (χ2v) is 4.87. The summed E-state index contributed by atoms with van der Waals surface area (Å²) < 4.78 is 6.72. The molecule has 2 heterocycles. The zero-order chi connectivity index (χ0) is 15.5. The molecule has 0 fully saturated rings. The summed E-state index contributed by atoms with van der Waals surface area (Å²) in [6.45, 7) is 4.95. The molecule has 22 heavy (non-hydrogen) atoms. The van der Waals surface area contributed by atoms with Crippen molar-refractivity contribution in [1.29, 1.82) is 0 Å². The molecule has 7 heteroatoms. The first kappa shape index (κ1) is 14.1. The first-order valence-electron chi connectivity index (χ1n) is 7.08. The highest BCUT2D eigenvalue weighted by atomic mass is 16.5. The van der Waals surface area contributed by atoms with Crippen LogP contribution in [0.3, 0.4) is 0 Å². The van der Waals surface area contributed by atoms with E-state index in [4.69, 9.17) is 4.74 Å². The summed E-state index contributed by atoms with van der Waals surface area (Å²) in [7, 11) is 0. The predicted octanol–water partition coefficient (Wildman–Crippen LogP) is 1.74. The highest BCUT2D eigenvalue weighted by molar-refractivity contribution is 5.38. The molecule has 2 aromatic heterocycles. The van der Waals surface area contributed by atoms with Gasteiger partial charge in [0.25, 0.3) is 11.3 Å². The normalized spacial score (nSPS) is 10.8. The second kappa shape index (κ2) is 5.88. The monoisotopic (exact) mass is 299 g/mol. The van der Waals surface area contributed by atoms with Crippen LogP contribution in [0, 0.1) is 6.92 Å². The van der Waals surface area contributed by atoms with Gasteiger partial charge in [0.05, 0.1) is 6.61 Å². The Labute approximate surface area is 127 Å². The van der Waals surface area contributed by atoms with Crippen molar-refractivity contribution in [2.45, 2.75) is 20.4 Å². The maximum atomic E-state index is 11.8. The predicted molar refractivity (Wildman–Crippen MR) is 83.3 cm³/mol. The highest BCUT2D eigenvalue weighted by Crippen LogP contribution is 2.13. The third kappa shape index (κ3) is 2.93. The molecule has 1 aromatic carbocycles. The molecule has 0 aliphatic rings. The molecule has 0 saturated carbocycles. The van der Waals surface area contributed by atoms with Crippen LogP contribution in [0.15, 0.2) is 35.1 Å². The number of hydrogen-bond acceptors (Lipinski definition) is 5. The number of ether oxygens (including phenoxy) is 1. The minimum Gasteiger partial charge on any atom is -0.494 e. The van der Waals surface area contributed by atoms with E-state index >= 15 is 0 Å². The van der Waals surface area contributed by atoms with E-state index in [0.29, 0.717) is 30.6 Å². The van der Waals surface area contributed by atoms with Gasteiger partial charge in [0.15, 0.2) is 0 Å². The van der Waals surface area contributed by atoms with Gasteiger partial charge in [-0.1, -0.05) is 12.1 Å². The Bertz CT molecular complexity index is 835. The van der Waals surface area contributed by atoms with E-state index in [1.54, 1.807) is 6.92 Å². The summed E-state index contributed by atoms with van der Waals surface area (Å²) in [5.41, 5.74) is 1.55. The Kier molecular flexibility index (Phi) is 3.78. The molecule has 2 N–H and O–H groups in total. The Morgan fingerprint density at radius 1 is 1.27 bits per heavy atom. The van der Waals surface area contributed by atoms with Crippen molar-refractivity contribution in [1.82, 2.24) is 19.6 Å². The van der Waals surface area contributed by atoms with Crippen molar-refractivity contribution in [2.24, 2.45) is 0 Å². The molecule has 3 rings (SSSR count). The van der Waals surface area contributed by atoms with Crippen LogP contribution < -0.4 is 15.6 Å². The third-order valence-corrected chi connectivity index (χ3v) is 3.15. The SMILES string of the molecule is CCOc1ccc(CNc2nc3nc(C)cc(=O)n3[nH]2)cc1. The van der Waals surface area contributed by atoms with Crippen LogP contribution in [0.1, 0.15) is 18.2 Å². The number of benzene rings is 1. The van der Waals surface area contributed by atoms with E-state index in [0.717, 1.165) is 11.3 Å². The lowest BCUT2D eigenvalue weighted by Gasteiger charge is -2.05. The molecule has 0 radical (unpaired) electrons. The molecule has 0 aliphatic heterocycles. The van der Waals surface area contributed by atoms with Gasteiger partial charge < -0.3 is 10.1 Å². The summed E-state index contributed by atoms with van der Waals surface area (Å²) in [5.74, 6) is 1.71. The fourth-order valence-corrected chi connectivity index (χ4v) is 2.13. The first-order chi connectivity index (χ1) is 10.7. The number of aryl methyl sites for hydroxylation is 1. The van der Waals surface area contributed by atoms with E-state index in [2.05, 4.69) is 20.4 Å². The maximum Gasteiger partial charge on any atom is 0.274 e. The average molecular weight is 299 g/mol. The van der Waals surface area contributed by atoms with E-state index < -0.39 is 0 Å². The quantitative estimate of drug-likeness (QED) is 0.749. The summed E-state index contributed by atoms with van der Waals surface area (Å²) in [5, 5.41) is 6.03. The number of nitrogens with one attached hydrogen (secondary N) is 2. The fourth-order valence-electron chi connectivity index (χ4n) is 2.13. The van der Waals surface area contributed by atoms with Gasteiger partial charge in [-0.3, -0.25) is 9.89 Å². The van der Waals surface area contributed by atoms with Crippen LogP contribution in [0.2, 0.25) is 0 Å². The average Bonchev–Trinajstić information content (AvgIpc) is 2.90. The van der Waals surface area contributed by atoms with Crippen LogP contribution in [-0.4, -0.2) is 26.2 Å². The van der Waals surface area contributed by atoms with Crippen molar-refractivity contribution in [2.75, 3.05) is 11.9 Å². The molecular formula is C15H17N5O2. The van der Waals surface area contributed by atoms with Crippen LogP contribution >= 0.6 is 0 Å². The van der Waals surface area contributed by atoms with Crippen molar-refractivity contribution >= 4 is 11.7 Å². The van der Waals surface area contributed by atoms with Gasteiger partial charge in [0, 0.05) is 18.3 Å². The molecule has 7 nitrogen and oxygen atoms in total. The fraction of sp³-hybridized carbons (Fsp3) is 0.267. The summed E-state index contributed by atoms with van der Waals surface area (Å²) in [6, 6.07) is 9.27. The molecule has 114 valence electrons. The van der Waals surface area contributed by atoms with Gasteiger partial charge in [-0.15, -0.1) is 0 Å². The minimum atomic E-state index is -0.177. The molecule has 0 saturated heterocycles. The van der Waals surface area contributed by atoms with Crippen LogP contribution in [0.25, 0.3) is 5.78 Å². The third-order valence-electron chi connectivity index (χ3n) is 3.15. The highest BCUT2D eigenvalue weighted by Gasteiger charge is 2.06. The van der Waals surface area contributed by atoms with Gasteiger partial charge in [-0.05, 0) is 31.5 Å². The Morgan fingerprint density at radius 2 is 2.05 bits per heavy atom. The largest absolute Gasteiger partial charge is 0.494 e. The number of nitrogens with zero attached hydrogens (tertiary/aromatic N) is 3. The molecule has 0 unspecified atom stereocenters. The maximum absolute atomic E-state index is 11.8. The molecule has 0 atom stereocenters. The van der Waals surface area contributed by atoms with Crippen LogP contribution in [-0.2, 0) is 6.54 Å². The number of aromatic amines is 1. The minimum absolute atomic E-state index is 0.177. The lowest BCUT2D eigenvalue weighted by molar-refractivity contribution is 0.340. The number of anilines is 1. The van der Waals surface area contributed by atoms with Crippen molar-refractivity contribution in [3.8, 4) is 5.75 Å². The standard InChI is InChI=1S/C15H17N5O2/c1-3-22-12-6-4-11(5-7-12)9-16-14-18-15-17-10(2)8-13(21)20(15)19-14/h4-8H,3,9H2,1-2H3,(H2,16,17,18,19). The number of H-pyrrole nitrogens is 1. The molecule has 0 bridgehead atoms. The van der Waals surface area contributed by atoms with Crippen molar-refractivity contribution in [3.05, 3.63) is 51.9 Å². The lowest BCUT2D eigenvalue weighted by atomic mass is 10.2. The Balaban J connectivity index is 1.73. The smallest absolute Gasteiger partial charge is 0.274 e. The molecule has 0 spiro atoms. The Hall–Kier alpha value is -2.83. The van der Waals surface area contributed by atoms with E-state index in [1.807, 2.05) is 31.2 Å². The molecular weight excluding hydrogens is 282 g/mol. The number of aromatic nitrogens is 4. The van der Waals surface area contributed by atoms with Gasteiger partial charge in [-0.2, -0.15) is 9.50 Å². The van der Waals surface area contributed by atoms with Gasteiger partial charge in [0.1, 0.15) is 5.75 Å². The summed E-state index contributed by atoms with van der Waals surface area (Å²) in [4.78, 5) is 20.3. The van der Waals surface area contributed by atoms with E-state index in [9.17, 15) is 4.79 Å². The number of rotatable bonds is 5. The lowest BCUT2D eigenvalue weighted by Crippen LogP contribution is -2.14. The second-order valence-electron chi connectivity index (χ2n) is 4.87. The van der Waals surface area contributed by atoms with Crippen molar-refractivity contribution in [3.63, 3.8) is 0 Å². The molecule has 3 aromatic rings. The first-order valence-corrected chi connectivity index (χ1v) is 7.08. The zero-order valence-corrected chi connectivity index (χ0v) is 12.5. The zero-order valence-electron chi connectivity index (χ0n) is 12.5. The number of hydrogen-bond donors (Lipinski definition) is 2. The van der Waals surface area contributed by atoms with E-state index in [1.165, 1.54) is 10.6 Å². The summed E-state index contributed by atoms with van der Waals surface area (Å²) >= 11 is 0. The van der Waals surface area contributed by atoms with Gasteiger partial charge in [-0.25, -0.2) is 4.98 Å². The molecule has 0 amide bonds.